The fourth-order valence-corrected chi connectivity index (χ4v) is 5.73. The van der Waals surface area contributed by atoms with Crippen LogP contribution in [0, 0.1) is 11.3 Å². The average molecular weight is 531 g/mol. The summed E-state index contributed by atoms with van der Waals surface area (Å²) in [6, 6.07) is 2.91. The first kappa shape index (κ1) is 27.2. The van der Waals surface area contributed by atoms with E-state index >= 15 is 0 Å². The molecule has 0 saturated heterocycles. The highest BCUT2D eigenvalue weighted by molar-refractivity contribution is 6.14. The molecule has 1 heterocycles. The number of amides is 2. The lowest BCUT2D eigenvalue weighted by atomic mass is 9.72. The third-order valence-corrected chi connectivity index (χ3v) is 7.46. The molecule has 11 heteroatoms. The number of alkyl halides is 6. The Labute approximate surface area is 210 Å². The summed E-state index contributed by atoms with van der Waals surface area (Å²) < 4.78 is 84.1. The van der Waals surface area contributed by atoms with Crippen LogP contribution in [0.25, 0.3) is 0 Å². The molecular formula is C26H28F6N2O3. The Morgan fingerprint density at radius 2 is 1.68 bits per heavy atom. The largest absolute Gasteiger partial charge is 0.425 e. The summed E-state index contributed by atoms with van der Waals surface area (Å²) in [7, 11) is 0. The van der Waals surface area contributed by atoms with Crippen LogP contribution in [0.15, 0.2) is 35.5 Å². The predicted octanol–water partition coefficient (Wildman–Crippen LogP) is 5.80. The summed E-state index contributed by atoms with van der Waals surface area (Å²) in [6.07, 6.45) is -6.32. The third-order valence-electron chi connectivity index (χ3n) is 7.46. The molecule has 2 amide bonds. The van der Waals surface area contributed by atoms with Crippen LogP contribution < -0.4 is 5.32 Å². The van der Waals surface area contributed by atoms with Crippen LogP contribution in [-0.4, -0.2) is 40.8 Å². The maximum absolute atomic E-state index is 14.9. The first-order valence-electron chi connectivity index (χ1n) is 12.2. The van der Waals surface area contributed by atoms with Gasteiger partial charge in [-0.2, -0.15) is 26.3 Å². The molecule has 0 spiro atoms. The Balaban J connectivity index is 1.81. The molecule has 5 nitrogen and oxygen atoms in total. The molecular weight excluding hydrogens is 502 g/mol. The minimum Gasteiger partial charge on any atom is -0.326 e. The second-order valence-corrected chi connectivity index (χ2v) is 11.0. The first-order valence-corrected chi connectivity index (χ1v) is 12.2. The Morgan fingerprint density at radius 1 is 1.03 bits per heavy atom. The Hall–Kier alpha value is -2.85. The molecule has 1 fully saturated rings. The molecule has 0 bridgehead atoms. The number of rotatable bonds is 4. The monoisotopic (exact) mass is 530 g/mol. The van der Waals surface area contributed by atoms with Gasteiger partial charge < -0.3 is 10.2 Å². The summed E-state index contributed by atoms with van der Waals surface area (Å²) in [5.41, 5.74) is -7.20. The SMILES string of the molecule is CC1(C)CC(=O)C2=C(C1)N(CC1CCCCC1)C(=O)[C@]2(NC(=O)c1cccc(C(F)(F)F)c1)C(F)(F)F. The zero-order chi connectivity index (χ0) is 27.4. The molecule has 37 heavy (non-hydrogen) atoms. The maximum atomic E-state index is 14.9. The standard InChI is InChI=1S/C26H28F6N2O3/c1-23(2)12-18-20(19(35)13-23)24(26(30,31)32,22(37)34(18)14-15-7-4-3-5-8-15)33-21(36)16-9-6-10-17(11-16)25(27,28)29/h6,9-11,15H,3-5,7-8,12-14H2,1-2H3,(H,33,36)/t24-/m0/s1. The number of nitrogens with zero attached hydrogens (tertiary/aromatic N) is 1. The zero-order valence-corrected chi connectivity index (χ0v) is 20.5. The van der Waals surface area contributed by atoms with Gasteiger partial charge in [0.25, 0.3) is 11.8 Å². The van der Waals surface area contributed by atoms with E-state index in [1.54, 1.807) is 19.2 Å². The van der Waals surface area contributed by atoms with Crippen molar-refractivity contribution in [1.29, 1.82) is 0 Å². The Kier molecular flexibility index (Phi) is 6.73. The van der Waals surface area contributed by atoms with Crippen molar-refractivity contribution in [3.63, 3.8) is 0 Å². The lowest BCUT2D eigenvalue weighted by Crippen LogP contribution is -2.66. The van der Waals surface area contributed by atoms with Gasteiger partial charge in [0.05, 0.1) is 11.1 Å². The van der Waals surface area contributed by atoms with Crippen LogP contribution in [0.5, 0.6) is 0 Å². The molecule has 1 aromatic rings. The molecule has 1 aromatic carbocycles. The number of halogens is 6. The van der Waals surface area contributed by atoms with E-state index in [1.807, 2.05) is 0 Å². The number of benzene rings is 1. The van der Waals surface area contributed by atoms with Gasteiger partial charge in [0.1, 0.15) is 0 Å². The molecule has 0 radical (unpaired) electrons. The van der Waals surface area contributed by atoms with Gasteiger partial charge in [-0.3, -0.25) is 14.4 Å². The number of hydrogen-bond donors (Lipinski definition) is 1. The van der Waals surface area contributed by atoms with Crippen LogP contribution in [0.1, 0.15) is 74.7 Å². The summed E-state index contributed by atoms with van der Waals surface area (Å²) in [4.78, 5) is 40.9. The van der Waals surface area contributed by atoms with E-state index in [9.17, 15) is 40.7 Å². The van der Waals surface area contributed by atoms with Gasteiger partial charge in [-0.15, -0.1) is 0 Å². The second-order valence-electron chi connectivity index (χ2n) is 11.0. The Morgan fingerprint density at radius 3 is 2.27 bits per heavy atom. The number of hydrogen-bond acceptors (Lipinski definition) is 3. The topological polar surface area (TPSA) is 66.5 Å². The van der Waals surface area contributed by atoms with Crippen molar-refractivity contribution in [2.24, 2.45) is 11.3 Å². The fourth-order valence-electron chi connectivity index (χ4n) is 5.73. The van der Waals surface area contributed by atoms with Gasteiger partial charge in [-0.25, -0.2) is 0 Å². The highest BCUT2D eigenvalue weighted by Crippen LogP contribution is 2.52. The minimum absolute atomic E-state index is 0.0156. The van der Waals surface area contributed by atoms with Crippen molar-refractivity contribution < 1.29 is 40.7 Å². The molecule has 3 aliphatic rings. The third kappa shape index (κ3) is 4.88. The molecule has 0 unspecified atom stereocenters. The summed E-state index contributed by atoms with van der Waals surface area (Å²) in [6.45, 7) is 3.41. The Bertz CT molecular complexity index is 1150. The van der Waals surface area contributed by atoms with Crippen molar-refractivity contribution >= 4 is 17.6 Å². The van der Waals surface area contributed by atoms with E-state index in [2.05, 4.69) is 0 Å². The van der Waals surface area contributed by atoms with Gasteiger partial charge >= 0.3 is 12.4 Å². The lowest BCUT2D eigenvalue weighted by molar-refractivity contribution is -0.191. The average Bonchev–Trinajstić information content (AvgIpc) is 3.01. The van der Waals surface area contributed by atoms with Crippen LogP contribution in [0.3, 0.4) is 0 Å². The van der Waals surface area contributed by atoms with Gasteiger partial charge in [0, 0.05) is 24.2 Å². The molecule has 1 atom stereocenters. The normalized spacial score (nSPS) is 24.9. The maximum Gasteiger partial charge on any atom is 0.425 e. The molecule has 1 aliphatic heterocycles. The van der Waals surface area contributed by atoms with Gasteiger partial charge in [0.2, 0.25) is 5.54 Å². The number of carbonyl (C=O) groups is 3. The van der Waals surface area contributed by atoms with Crippen LogP contribution in [-0.2, 0) is 15.8 Å². The van der Waals surface area contributed by atoms with E-state index in [1.165, 1.54) is 0 Å². The van der Waals surface area contributed by atoms with Crippen molar-refractivity contribution in [3.05, 3.63) is 46.7 Å². The quantitative estimate of drug-likeness (QED) is 0.501. The first-order chi connectivity index (χ1) is 17.1. The number of nitrogens with one attached hydrogen (secondary N) is 1. The van der Waals surface area contributed by atoms with E-state index in [0.717, 1.165) is 49.1 Å². The molecule has 202 valence electrons. The van der Waals surface area contributed by atoms with Gasteiger partial charge in [-0.05, 0) is 48.8 Å². The van der Waals surface area contributed by atoms with Gasteiger partial charge in [-0.1, -0.05) is 39.2 Å². The van der Waals surface area contributed by atoms with Crippen LogP contribution >= 0.6 is 0 Å². The van der Waals surface area contributed by atoms with Crippen molar-refractivity contribution in [3.8, 4) is 0 Å². The second kappa shape index (κ2) is 9.16. The number of Topliss-reactive ketones (excluding diaryl/α,β-unsaturated/α-hetero) is 1. The van der Waals surface area contributed by atoms with E-state index in [-0.39, 0.29) is 31.0 Å². The minimum atomic E-state index is -5.42. The molecule has 1 saturated carbocycles. The highest BCUT2D eigenvalue weighted by atomic mass is 19.4. The number of ketones is 1. The highest BCUT2D eigenvalue weighted by Gasteiger charge is 2.71. The zero-order valence-electron chi connectivity index (χ0n) is 20.5. The van der Waals surface area contributed by atoms with E-state index < -0.39 is 57.6 Å². The molecule has 4 rings (SSSR count). The van der Waals surface area contributed by atoms with E-state index in [4.69, 9.17) is 0 Å². The van der Waals surface area contributed by atoms with Crippen LogP contribution in [0.2, 0.25) is 0 Å². The van der Waals surface area contributed by atoms with Crippen molar-refractivity contribution in [2.45, 2.75) is 76.7 Å². The smallest absolute Gasteiger partial charge is 0.326 e. The summed E-state index contributed by atoms with van der Waals surface area (Å²) >= 11 is 0. The number of carbonyl (C=O) groups excluding carboxylic acids is 3. The van der Waals surface area contributed by atoms with Crippen LogP contribution in [0.4, 0.5) is 26.3 Å². The lowest BCUT2D eigenvalue weighted by Gasteiger charge is -2.35. The fraction of sp³-hybridized carbons (Fsp3) is 0.577. The number of allylic oxidation sites excluding steroid dienone is 1. The summed E-state index contributed by atoms with van der Waals surface area (Å²) in [5, 5.41) is 1.70. The molecule has 0 aromatic heterocycles. The molecule has 1 N–H and O–H groups in total. The van der Waals surface area contributed by atoms with Gasteiger partial charge in [0.15, 0.2) is 5.78 Å². The van der Waals surface area contributed by atoms with Crippen molar-refractivity contribution in [1.82, 2.24) is 10.2 Å². The summed E-state index contributed by atoms with van der Waals surface area (Å²) in [5.74, 6) is -3.98. The van der Waals surface area contributed by atoms with E-state index in [0.29, 0.717) is 12.1 Å². The van der Waals surface area contributed by atoms with Crippen molar-refractivity contribution in [2.75, 3.05) is 6.54 Å². The predicted molar refractivity (Wildman–Crippen MR) is 121 cm³/mol. The molecule has 2 aliphatic carbocycles.